The zero-order valence-electron chi connectivity index (χ0n) is 17.7. The van der Waals surface area contributed by atoms with Gasteiger partial charge in [-0.15, -0.1) is 5.10 Å². The number of hydrogen-bond donors (Lipinski definition) is 1. The van der Waals surface area contributed by atoms with Crippen molar-refractivity contribution < 1.29 is 4.79 Å². The first kappa shape index (κ1) is 21.7. The van der Waals surface area contributed by atoms with Crippen molar-refractivity contribution in [2.24, 2.45) is 5.41 Å². The minimum Gasteiger partial charge on any atom is -0.328 e. The molecule has 1 aromatic heterocycles. The van der Waals surface area contributed by atoms with Crippen LogP contribution in [0.15, 0.2) is 69.4 Å². The Morgan fingerprint density at radius 3 is 2.81 bits per heavy atom. The van der Waals surface area contributed by atoms with Crippen LogP contribution in [0.5, 0.6) is 0 Å². The Morgan fingerprint density at radius 2 is 2.03 bits per heavy atom. The molecular weight excluding hydrogens is 508 g/mol. The lowest BCUT2D eigenvalue weighted by molar-refractivity contribution is -0.118. The molecule has 0 saturated heterocycles. The van der Waals surface area contributed by atoms with Crippen molar-refractivity contribution in [3.63, 3.8) is 0 Å². The Hall–Kier alpha value is -2.09. The fourth-order valence-corrected chi connectivity index (χ4v) is 5.92. The van der Waals surface area contributed by atoms with Gasteiger partial charge in [0, 0.05) is 32.9 Å². The number of fused-ring (bicyclic) bond motifs is 1. The van der Waals surface area contributed by atoms with Crippen LogP contribution in [-0.2, 0) is 10.5 Å². The van der Waals surface area contributed by atoms with E-state index in [2.05, 4.69) is 41.2 Å². The molecule has 1 unspecified atom stereocenters. The first-order chi connectivity index (χ1) is 15.3. The maximum absolute atomic E-state index is 13.3. The molecule has 2 heterocycles. The second kappa shape index (κ2) is 8.36. The summed E-state index contributed by atoms with van der Waals surface area (Å²) in [6.45, 7) is 4.27. The van der Waals surface area contributed by atoms with E-state index >= 15 is 0 Å². The van der Waals surface area contributed by atoms with Gasteiger partial charge in [-0.1, -0.05) is 83.5 Å². The summed E-state index contributed by atoms with van der Waals surface area (Å²) in [6, 6.07) is 15.6. The van der Waals surface area contributed by atoms with E-state index in [0.29, 0.717) is 23.3 Å². The van der Waals surface area contributed by atoms with Crippen LogP contribution in [0.2, 0.25) is 5.02 Å². The first-order valence-corrected chi connectivity index (χ1v) is 12.6. The van der Waals surface area contributed by atoms with Crippen molar-refractivity contribution in [3.8, 4) is 0 Å². The fourth-order valence-electron chi connectivity index (χ4n) is 4.39. The van der Waals surface area contributed by atoms with Crippen molar-refractivity contribution in [1.29, 1.82) is 0 Å². The molecule has 3 aromatic rings. The number of thioether (sulfide) groups is 1. The Morgan fingerprint density at radius 1 is 1.22 bits per heavy atom. The maximum atomic E-state index is 13.3. The summed E-state index contributed by atoms with van der Waals surface area (Å²) in [7, 11) is 0. The van der Waals surface area contributed by atoms with Crippen LogP contribution < -0.4 is 5.32 Å². The number of carbonyl (C=O) groups is 1. The van der Waals surface area contributed by atoms with Gasteiger partial charge in [0.1, 0.15) is 6.04 Å². The minimum absolute atomic E-state index is 0.0887. The number of carbonyl (C=O) groups excluding carboxylic acids is 1. The molecule has 0 amide bonds. The third-order valence-electron chi connectivity index (χ3n) is 5.79. The smallest absolute Gasteiger partial charge is 0.227 e. The quantitative estimate of drug-likeness (QED) is 0.384. The number of allylic oxidation sites excluding steroid dienone is 2. The number of benzene rings is 2. The monoisotopic (exact) mass is 528 g/mol. The van der Waals surface area contributed by atoms with Crippen molar-refractivity contribution in [2.45, 2.75) is 43.6 Å². The summed E-state index contributed by atoms with van der Waals surface area (Å²) < 4.78 is 2.82. The Kier molecular flexibility index (Phi) is 5.68. The maximum Gasteiger partial charge on any atom is 0.227 e. The normalized spacial score (nSPS) is 19.4. The van der Waals surface area contributed by atoms with E-state index in [9.17, 15) is 4.79 Å². The number of nitrogens with zero attached hydrogens (tertiary/aromatic N) is 3. The number of halogens is 2. The molecule has 164 valence electrons. The second-order valence-electron chi connectivity index (χ2n) is 8.96. The van der Waals surface area contributed by atoms with E-state index in [-0.39, 0.29) is 17.2 Å². The van der Waals surface area contributed by atoms with Gasteiger partial charge in [-0.25, -0.2) is 4.68 Å². The number of aromatic nitrogens is 3. The van der Waals surface area contributed by atoms with Crippen molar-refractivity contribution >= 4 is 51.0 Å². The summed E-state index contributed by atoms with van der Waals surface area (Å²) in [5, 5.41) is 9.62. The average Bonchev–Trinajstić information content (AvgIpc) is 3.13. The van der Waals surface area contributed by atoms with E-state index < -0.39 is 0 Å². The highest BCUT2D eigenvalue weighted by molar-refractivity contribution is 9.10. The average molecular weight is 530 g/mol. The van der Waals surface area contributed by atoms with Gasteiger partial charge in [-0.05, 0) is 41.2 Å². The van der Waals surface area contributed by atoms with E-state index in [1.54, 1.807) is 0 Å². The van der Waals surface area contributed by atoms with Crippen LogP contribution >= 0.6 is 39.3 Å². The Bertz CT molecular complexity index is 1250. The van der Waals surface area contributed by atoms with Crippen LogP contribution in [-0.4, -0.2) is 20.5 Å². The van der Waals surface area contributed by atoms with Crippen LogP contribution in [0.1, 0.15) is 43.9 Å². The molecule has 0 bridgehead atoms. The van der Waals surface area contributed by atoms with E-state index in [4.69, 9.17) is 21.7 Å². The summed E-state index contributed by atoms with van der Waals surface area (Å²) >= 11 is 11.4. The number of hydrogen-bond acceptors (Lipinski definition) is 5. The molecule has 5 nitrogen and oxygen atoms in total. The highest BCUT2D eigenvalue weighted by Crippen LogP contribution is 2.46. The number of Topliss-reactive ketones (excluding diaryl/α,β-unsaturated/α-hetero) is 1. The molecule has 2 aromatic carbocycles. The molecule has 1 N–H and O–H groups in total. The molecule has 0 saturated carbocycles. The molecule has 1 atom stereocenters. The fraction of sp³-hybridized carbons (Fsp3) is 0.292. The predicted octanol–water partition coefficient (Wildman–Crippen LogP) is 6.64. The highest BCUT2D eigenvalue weighted by Gasteiger charge is 2.41. The summed E-state index contributed by atoms with van der Waals surface area (Å²) in [5.41, 5.74) is 3.71. The van der Waals surface area contributed by atoms with Gasteiger partial charge >= 0.3 is 0 Å². The molecular formula is C24H22BrClN4OS. The molecule has 1 aliphatic carbocycles. The lowest BCUT2D eigenvalue weighted by Crippen LogP contribution is -2.36. The molecule has 0 spiro atoms. The van der Waals surface area contributed by atoms with Crippen LogP contribution in [0.3, 0.4) is 0 Å². The molecule has 0 fully saturated rings. The Balaban J connectivity index is 1.54. The van der Waals surface area contributed by atoms with Gasteiger partial charge in [-0.2, -0.15) is 4.98 Å². The van der Waals surface area contributed by atoms with Crippen LogP contribution in [0.25, 0.3) is 0 Å². The van der Waals surface area contributed by atoms with Gasteiger partial charge in [0.15, 0.2) is 5.78 Å². The van der Waals surface area contributed by atoms with Crippen LogP contribution in [0, 0.1) is 5.41 Å². The summed E-state index contributed by atoms with van der Waals surface area (Å²) in [5.74, 6) is 1.50. The van der Waals surface area contributed by atoms with Gasteiger partial charge < -0.3 is 5.32 Å². The summed E-state index contributed by atoms with van der Waals surface area (Å²) in [4.78, 5) is 18.0. The summed E-state index contributed by atoms with van der Waals surface area (Å²) in [6.07, 6.45) is 1.32. The van der Waals surface area contributed by atoms with E-state index in [1.807, 2.05) is 47.1 Å². The number of rotatable bonds is 4. The van der Waals surface area contributed by atoms with Crippen LogP contribution in [0.4, 0.5) is 5.95 Å². The molecule has 0 radical (unpaired) electrons. The number of anilines is 1. The van der Waals surface area contributed by atoms with Gasteiger partial charge in [-0.3, -0.25) is 4.79 Å². The minimum atomic E-state index is -0.301. The second-order valence-corrected chi connectivity index (χ2v) is 11.2. The molecule has 2 aliphatic rings. The van der Waals surface area contributed by atoms with Gasteiger partial charge in [0.2, 0.25) is 11.1 Å². The van der Waals surface area contributed by atoms with Crippen molar-refractivity contribution in [3.05, 3.63) is 80.4 Å². The van der Waals surface area contributed by atoms with Gasteiger partial charge in [0.05, 0.1) is 0 Å². The third kappa shape index (κ3) is 4.14. The SMILES string of the molecule is CC1(C)CC(=O)C2=C(C1)Nc1nc(SCc3ccccc3Cl)nn1C2c1cccc(Br)c1. The topological polar surface area (TPSA) is 59.8 Å². The highest BCUT2D eigenvalue weighted by atomic mass is 79.9. The van der Waals surface area contributed by atoms with E-state index in [0.717, 1.165) is 38.3 Å². The zero-order chi connectivity index (χ0) is 22.5. The molecule has 8 heteroatoms. The standard InChI is InChI=1S/C24H22BrClN4OS/c1-24(2)11-18-20(19(31)12-24)21(14-7-5-8-16(25)10-14)30-22(27-18)28-23(29-30)32-13-15-6-3-4-9-17(15)26/h3-10,21H,11-13H2,1-2H3,(H,27,28,29). The molecule has 1 aliphatic heterocycles. The van der Waals surface area contributed by atoms with Crippen molar-refractivity contribution in [1.82, 2.24) is 14.8 Å². The zero-order valence-corrected chi connectivity index (χ0v) is 20.9. The lowest BCUT2D eigenvalue weighted by Gasteiger charge is -2.38. The van der Waals surface area contributed by atoms with E-state index in [1.165, 1.54) is 11.8 Å². The van der Waals surface area contributed by atoms with Crippen molar-refractivity contribution in [2.75, 3.05) is 5.32 Å². The first-order valence-electron chi connectivity index (χ1n) is 10.4. The number of ketones is 1. The lowest BCUT2D eigenvalue weighted by atomic mass is 9.73. The van der Waals surface area contributed by atoms with Gasteiger partial charge in [0.25, 0.3) is 0 Å². The third-order valence-corrected chi connectivity index (χ3v) is 7.54. The predicted molar refractivity (Wildman–Crippen MR) is 132 cm³/mol. The largest absolute Gasteiger partial charge is 0.328 e. The molecule has 5 rings (SSSR count). The Labute approximate surface area is 204 Å². The number of nitrogens with one attached hydrogen (secondary N) is 1. The molecule has 32 heavy (non-hydrogen) atoms.